The molecule has 3 aliphatic rings. The molecule has 5 rings (SSSR count). The summed E-state index contributed by atoms with van der Waals surface area (Å²) in [6, 6.07) is 5.49. The summed E-state index contributed by atoms with van der Waals surface area (Å²) >= 11 is 0. The first-order valence-corrected chi connectivity index (χ1v) is 14.5. The van der Waals surface area contributed by atoms with Crippen molar-refractivity contribution in [2.75, 3.05) is 44.3 Å². The van der Waals surface area contributed by atoms with E-state index in [9.17, 15) is 38.0 Å². The number of ether oxygens (including phenoxy) is 1. The van der Waals surface area contributed by atoms with Crippen LogP contribution in [0.5, 0.6) is 5.75 Å². The summed E-state index contributed by atoms with van der Waals surface area (Å²) in [7, 11) is 1.37. The summed E-state index contributed by atoms with van der Waals surface area (Å²) in [4.78, 5) is 90.2. The molecule has 1 unspecified atom stereocenters. The van der Waals surface area contributed by atoms with E-state index < -0.39 is 53.3 Å². The van der Waals surface area contributed by atoms with Gasteiger partial charge in [-0.25, -0.2) is 4.39 Å². The first-order valence-electron chi connectivity index (χ1n) is 14.5. The molecule has 0 aromatic heterocycles. The lowest BCUT2D eigenvalue weighted by Crippen LogP contribution is -2.54. The van der Waals surface area contributed by atoms with Crippen molar-refractivity contribution in [2.45, 2.75) is 37.8 Å². The minimum atomic E-state index is -1.11. The Labute approximate surface area is 262 Å². The molecule has 7 amide bonds. The summed E-state index contributed by atoms with van der Waals surface area (Å²) < 4.78 is 19.5. The standard InChI is InChI=1S/C30H32FN7O8/c1-46-16-11-18(26(31)19(32)12-16)27(42)35-15-8-10-37(14-15)24(41)7-9-33-23(40)13-34-20-4-2-3-17-25(20)30(45)38(29(17)44)21-5-6-22(39)36-28(21)43/h2-4,11-12,15,21,34H,5-10,13-14,32H2,1H3,(H,33,40)(H,35,42)(H,36,39,43)/t15-,21?/m0/s1. The van der Waals surface area contributed by atoms with Crippen LogP contribution in [-0.2, 0) is 19.2 Å². The highest BCUT2D eigenvalue weighted by Crippen LogP contribution is 2.32. The Kier molecular flexibility index (Phi) is 9.16. The van der Waals surface area contributed by atoms with Crippen molar-refractivity contribution in [3.8, 4) is 5.75 Å². The molecular formula is C30H32FN7O8. The molecule has 15 nitrogen and oxygen atoms in total. The van der Waals surface area contributed by atoms with E-state index in [1.807, 2.05) is 0 Å². The van der Waals surface area contributed by atoms with Gasteiger partial charge >= 0.3 is 0 Å². The summed E-state index contributed by atoms with van der Waals surface area (Å²) in [5.74, 6) is -4.61. The fourth-order valence-electron chi connectivity index (χ4n) is 5.64. The van der Waals surface area contributed by atoms with Crippen LogP contribution in [0.2, 0.25) is 0 Å². The molecule has 242 valence electrons. The third-order valence-electron chi connectivity index (χ3n) is 8.00. The van der Waals surface area contributed by atoms with Crippen LogP contribution in [0.15, 0.2) is 30.3 Å². The second-order valence-electron chi connectivity index (χ2n) is 11.0. The summed E-state index contributed by atoms with van der Waals surface area (Å²) in [5, 5.41) is 10.3. The van der Waals surface area contributed by atoms with Crippen LogP contribution in [0.4, 0.5) is 15.8 Å². The van der Waals surface area contributed by atoms with Crippen molar-refractivity contribution in [1.82, 2.24) is 25.8 Å². The SMILES string of the molecule is COc1cc(N)c(F)c(C(=O)N[C@H]2CCN(C(=O)CCNC(=O)CNc3cccc4c3C(=O)N(C3CCC(=O)NC3=O)C4=O)C2)c1. The van der Waals surface area contributed by atoms with Gasteiger partial charge in [-0.2, -0.15) is 0 Å². The number of carbonyl (C=O) groups is 7. The predicted molar refractivity (Wildman–Crippen MR) is 159 cm³/mol. The monoisotopic (exact) mass is 637 g/mol. The van der Waals surface area contributed by atoms with E-state index in [4.69, 9.17) is 10.5 Å². The second kappa shape index (κ2) is 13.2. The van der Waals surface area contributed by atoms with E-state index in [0.717, 1.165) is 4.90 Å². The minimum Gasteiger partial charge on any atom is -0.497 e. The summed E-state index contributed by atoms with van der Waals surface area (Å²) in [5.41, 5.74) is 5.45. The van der Waals surface area contributed by atoms with Gasteiger partial charge in [-0.15, -0.1) is 0 Å². The summed E-state index contributed by atoms with van der Waals surface area (Å²) in [6.07, 6.45) is 0.458. The van der Waals surface area contributed by atoms with E-state index in [1.165, 1.54) is 42.3 Å². The number of methoxy groups -OCH3 is 1. The van der Waals surface area contributed by atoms with Gasteiger partial charge in [0, 0.05) is 50.3 Å². The Balaban J connectivity index is 1.08. The van der Waals surface area contributed by atoms with Crippen molar-refractivity contribution < 1.29 is 42.7 Å². The van der Waals surface area contributed by atoms with Gasteiger partial charge in [-0.1, -0.05) is 6.07 Å². The highest BCUT2D eigenvalue weighted by atomic mass is 19.1. The Morgan fingerprint density at radius 2 is 1.89 bits per heavy atom. The molecule has 2 aromatic rings. The highest BCUT2D eigenvalue weighted by Gasteiger charge is 2.45. The Bertz CT molecular complexity index is 1650. The number of halogens is 1. The van der Waals surface area contributed by atoms with Crippen molar-refractivity contribution in [1.29, 1.82) is 0 Å². The van der Waals surface area contributed by atoms with Crippen molar-refractivity contribution in [2.24, 2.45) is 0 Å². The van der Waals surface area contributed by atoms with Gasteiger partial charge in [0.15, 0.2) is 5.82 Å². The van der Waals surface area contributed by atoms with E-state index in [0.29, 0.717) is 13.0 Å². The van der Waals surface area contributed by atoms with Crippen LogP contribution in [0.3, 0.4) is 0 Å². The number of piperidine rings is 1. The zero-order valence-corrected chi connectivity index (χ0v) is 24.8. The van der Waals surface area contributed by atoms with E-state index >= 15 is 0 Å². The lowest BCUT2D eigenvalue weighted by Gasteiger charge is -2.27. The van der Waals surface area contributed by atoms with Gasteiger partial charge in [0.25, 0.3) is 17.7 Å². The Morgan fingerprint density at radius 3 is 2.63 bits per heavy atom. The molecule has 3 heterocycles. The number of nitrogens with zero attached hydrogens (tertiary/aromatic N) is 2. The lowest BCUT2D eigenvalue weighted by atomic mass is 10.0. The molecule has 2 aromatic carbocycles. The third-order valence-corrected chi connectivity index (χ3v) is 8.00. The quantitative estimate of drug-likeness (QED) is 0.171. The molecular weight excluding hydrogens is 605 g/mol. The largest absolute Gasteiger partial charge is 0.497 e. The van der Waals surface area contributed by atoms with Gasteiger partial charge in [0.2, 0.25) is 23.6 Å². The van der Waals surface area contributed by atoms with Crippen LogP contribution < -0.4 is 31.7 Å². The average molecular weight is 638 g/mol. The first kappa shape index (κ1) is 31.9. The maximum Gasteiger partial charge on any atom is 0.264 e. The number of nitrogens with two attached hydrogens (primary N) is 1. The number of nitrogens with one attached hydrogen (secondary N) is 4. The molecule has 6 N–H and O–H groups in total. The number of rotatable bonds is 10. The number of hydrogen-bond donors (Lipinski definition) is 5. The number of carbonyl (C=O) groups excluding carboxylic acids is 7. The maximum atomic E-state index is 14.4. The zero-order valence-electron chi connectivity index (χ0n) is 24.8. The number of nitrogen functional groups attached to an aromatic ring is 1. The van der Waals surface area contributed by atoms with Crippen LogP contribution in [0.1, 0.15) is 56.8 Å². The number of amides is 7. The number of imide groups is 2. The zero-order chi connectivity index (χ0) is 33.1. The molecule has 0 radical (unpaired) electrons. The molecule has 2 atom stereocenters. The Morgan fingerprint density at radius 1 is 1.11 bits per heavy atom. The molecule has 0 saturated carbocycles. The normalized spacial score (nSPS) is 19.1. The topological polar surface area (TPSA) is 209 Å². The summed E-state index contributed by atoms with van der Waals surface area (Å²) in [6.45, 7) is 0.328. The third kappa shape index (κ3) is 6.45. The number of hydrogen-bond acceptors (Lipinski definition) is 10. The molecule has 16 heteroatoms. The van der Waals surface area contributed by atoms with E-state index in [1.54, 1.807) is 0 Å². The minimum absolute atomic E-state index is 0.00603. The molecule has 3 aliphatic heterocycles. The number of likely N-dealkylation sites (tertiary alicyclic amines) is 1. The predicted octanol–water partition coefficient (Wildman–Crippen LogP) is -0.233. The lowest BCUT2D eigenvalue weighted by molar-refractivity contribution is -0.136. The van der Waals surface area contributed by atoms with Crippen LogP contribution in [0.25, 0.3) is 0 Å². The van der Waals surface area contributed by atoms with Gasteiger partial charge in [0.1, 0.15) is 11.8 Å². The molecule has 2 saturated heterocycles. The maximum absolute atomic E-state index is 14.4. The molecule has 0 aliphatic carbocycles. The molecule has 0 spiro atoms. The Hall–Kier alpha value is -5.54. The van der Waals surface area contributed by atoms with Gasteiger partial charge in [-0.05, 0) is 31.0 Å². The molecule has 46 heavy (non-hydrogen) atoms. The van der Waals surface area contributed by atoms with E-state index in [-0.39, 0.29) is 78.6 Å². The smallest absolute Gasteiger partial charge is 0.264 e. The van der Waals surface area contributed by atoms with Gasteiger partial charge in [-0.3, -0.25) is 43.8 Å². The average Bonchev–Trinajstić information content (AvgIpc) is 3.59. The van der Waals surface area contributed by atoms with E-state index in [2.05, 4.69) is 21.3 Å². The van der Waals surface area contributed by atoms with Crippen molar-refractivity contribution in [3.05, 3.63) is 52.8 Å². The highest BCUT2D eigenvalue weighted by molar-refractivity contribution is 6.25. The van der Waals surface area contributed by atoms with Crippen LogP contribution in [0, 0.1) is 5.82 Å². The van der Waals surface area contributed by atoms with Gasteiger partial charge < -0.3 is 31.3 Å². The van der Waals surface area contributed by atoms with Gasteiger partial charge in [0.05, 0.1) is 36.0 Å². The first-order chi connectivity index (χ1) is 22.0. The van der Waals surface area contributed by atoms with Crippen LogP contribution >= 0.6 is 0 Å². The van der Waals surface area contributed by atoms with Crippen LogP contribution in [-0.4, -0.2) is 96.5 Å². The van der Waals surface area contributed by atoms with Crippen molar-refractivity contribution >= 4 is 52.7 Å². The molecule has 2 fully saturated rings. The number of anilines is 2. The molecule has 0 bridgehead atoms. The number of benzene rings is 2. The fourth-order valence-corrected chi connectivity index (χ4v) is 5.64. The second-order valence-corrected chi connectivity index (χ2v) is 11.0. The van der Waals surface area contributed by atoms with Crippen molar-refractivity contribution in [3.63, 3.8) is 0 Å². The fraction of sp³-hybridized carbons (Fsp3) is 0.367. The number of fused-ring (bicyclic) bond motifs is 1.